The summed E-state index contributed by atoms with van der Waals surface area (Å²) in [6.07, 6.45) is 1.47. The van der Waals surface area contributed by atoms with Crippen molar-refractivity contribution in [3.8, 4) is 11.5 Å². The number of carbonyl (C=O) groups is 2. The van der Waals surface area contributed by atoms with Crippen molar-refractivity contribution in [2.75, 3.05) is 6.61 Å². The van der Waals surface area contributed by atoms with Gasteiger partial charge in [0.15, 0.2) is 6.61 Å². The maximum Gasteiger partial charge on any atom is 0.344 e. The maximum atomic E-state index is 12.2. The fourth-order valence-electron chi connectivity index (χ4n) is 2.33. The molecule has 8 heteroatoms. The van der Waals surface area contributed by atoms with E-state index in [0.717, 1.165) is 0 Å². The fourth-order valence-corrected chi connectivity index (χ4v) is 2.96. The van der Waals surface area contributed by atoms with Crippen molar-refractivity contribution < 1.29 is 19.1 Å². The van der Waals surface area contributed by atoms with Gasteiger partial charge in [-0.3, -0.25) is 4.79 Å². The number of rotatable bonds is 7. The van der Waals surface area contributed by atoms with Gasteiger partial charge in [-0.1, -0.05) is 35.9 Å². The van der Waals surface area contributed by atoms with Crippen LogP contribution in [0.25, 0.3) is 0 Å². The predicted octanol–water partition coefficient (Wildman–Crippen LogP) is 4.85. The molecule has 0 aliphatic rings. The molecule has 1 amide bonds. The molecule has 0 fully saturated rings. The number of hydrogen-bond donors (Lipinski definition) is 1. The highest BCUT2D eigenvalue weighted by atomic mass is 79.9. The Balaban J connectivity index is 1.48. The van der Waals surface area contributed by atoms with Crippen LogP contribution in [0.15, 0.2) is 82.4 Å². The average Bonchev–Trinajstić information content (AvgIpc) is 2.74. The Morgan fingerprint density at radius 3 is 2.43 bits per heavy atom. The summed E-state index contributed by atoms with van der Waals surface area (Å²) in [5.74, 6) is -0.0733. The molecule has 0 heterocycles. The van der Waals surface area contributed by atoms with E-state index >= 15 is 0 Å². The smallest absolute Gasteiger partial charge is 0.344 e. The molecule has 0 bridgehead atoms. The molecule has 0 aromatic heterocycles. The van der Waals surface area contributed by atoms with E-state index in [0.29, 0.717) is 32.1 Å². The van der Waals surface area contributed by atoms with Gasteiger partial charge in [0.1, 0.15) is 11.5 Å². The van der Waals surface area contributed by atoms with Crippen molar-refractivity contribution in [1.29, 1.82) is 0 Å². The molecule has 0 aliphatic carbocycles. The van der Waals surface area contributed by atoms with E-state index in [4.69, 9.17) is 21.1 Å². The van der Waals surface area contributed by atoms with E-state index < -0.39 is 11.9 Å². The Bertz CT molecular complexity index is 1070. The quantitative estimate of drug-likeness (QED) is 0.224. The molecule has 0 atom stereocenters. The van der Waals surface area contributed by atoms with Crippen LogP contribution < -0.4 is 14.9 Å². The van der Waals surface area contributed by atoms with Crippen LogP contribution in [0.2, 0.25) is 5.02 Å². The summed E-state index contributed by atoms with van der Waals surface area (Å²) in [7, 11) is 0. The number of esters is 1. The third kappa shape index (κ3) is 6.17. The zero-order valence-corrected chi connectivity index (χ0v) is 17.9. The van der Waals surface area contributed by atoms with Gasteiger partial charge in [0.2, 0.25) is 0 Å². The van der Waals surface area contributed by atoms with Crippen LogP contribution in [0.1, 0.15) is 15.9 Å². The zero-order valence-electron chi connectivity index (χ0n) is 15.5. The highest BCUT2D eigenvalue weighted by Gasteiger charge is 2.11. The SMILES string of the molecule is O=C(COc1ccccc1Cl)N/N=C/c1ccc(OC(=O)c2ccccc2Br)cc1. The Morgan fingerprint density at radius 2 is 1.70 bits per heavy atom. The van der Waals surface area contributed by atoms with Crippen molar-refractivity contribution in [1.82, 2.24) is 5.43 Å². The average molecular weight is 488 g/mol. The standard InChI is InChI=1S/C22H16BrClN2O4/c23-18-6-2-1-5-17(18)22(28)30-16-11-9-15(10-12-16)13-25-26-21(27)14-29-20-8-4-3-7-19(20)24/h1-13H,14H2,(H,26,27)/b25-13+. The minimum absolute atomic E-state index is 0.217. The molecular weight excluding hydrogens is 472 g/mol. The number of ether oxygens (including phenoxy) is 2. The van der Waals surface area contributed by atoms with Gasteiger partial charge in [0.25, 0.3) is 5.91 Å². The van der Waals surface area contributed by atoms with Gasteiger partial charge in [0.05, 0.1) is 16.8 Å². The zero-order chi connectivity index (χ0) is 21.3. The summed E-state index contributed by atoms with van der Waals surface area (Å²) in [4.78, 5) is 24.0. The van der Waals surface area contributed by atoms with E-state index in [1.54, 1.807) is 66.7 Å². The lowest BCUT2D eigenvalue weighted by Gasteiger charge is -2.06. The summed E-state index contributed by atoms with van der Waals surface area (Å²) >= 11 is 9.28. The number of benzene rings is 3. The minimum Gasteiger partial charge on any atom is -0.482 e. The predicted molar refractivity (Wildman–Crippen MR) is 118 cm³/mol. The van der Waals surface area contributed by atoms with Crippen LogP contribution in [0.5, 0.6) is 11.5 Å². The van der Waals surface area contributed by atoms with Crippen molar-refractivity contribution in [2.24, 2.45) is 5.10 Å². The topological polar surface area (TPSA) is 77.0 Å². The number of nitrogens with zero attached hydrogens (tertiary/aromatic N) is 1. The lowest BCUT2D eigenvalue weighted by Crippen LogP contribution is -2.24. The molecule has 3 rings (SSSR count). The van der Waals surface area contributed by atoms with E-state index in [1.165, 1.54) is 6.21 Å². The monoisotopic (exact) mass is 486 g/mol. The Hall–Kier alpha value is -3.16. The van der Waals surface area contributed by atoms with Crippen LogP contribution in [0, 0.1) is 0 Å². The molecule has 3 aromatic rings. The highest BCUT2D eigenvalue weighted by molar-refractivity contribution is 9.10. The minimum atomic E-state index is -0.463. The van der Waals surface area contributed by atoms with Gasteiger partial charge in [-0.15, -0.1) is 0 Å². The molecule has 3 aromatic carbocycles. The van der Waals surface area contributed by atoms with Gasteiger partial charge >= 0.3 is 5.97 Å². The Labute approximate surface area is 186 Å². The highest BCUT2D eigenvalue weighted by Crippen LogP contribution is 2.23. The Morgan fingerprint density at radius 1 is 1.00 bits per heavy atom. The van der Waals surface area contributed by atoms with Crippen LogP contribution in [0.4, 0.5) is 0 Å². The van der Waals surface area contributed by atoms with Gasteiger partial charge in [-0.05, 0) is 70.0 Å². The fraction of sp³-hybridized carbons (Fsp3) is 0.0455. The third-order valence-electron chi connectivity index (χ3n) is 3.78. The van der Waals surface area contributed by atoms with Crippen molar-refractivity contribution in [2.45, 2.75) is 0 Å². The number of hydrogen-bond acceptors (Lipinski definition) is 5. The van der Waals surface area contributed by atoms with E-state index in [1.807, 2.05) is 6.07 Å². The molecular formula is C22H16BrClN2O4. The summed E-state index contributed by atoms with van der Waals surface area (Å²) < 4.78 is 11.3. The second-order valence-electron chi connectivity index (χ2n) is 5.95. The third-order valence-corrected chi connectivity index (χ3v) is 4.79. The van der Waals surface area contributed by atoms with Crippen LogP contribution in [0.3, 0.4) is 0 Å². The second kappa shape index (κ2) is 10.6. The number of halogens is 2. The Kier molecular flexibility index (Phi) is 7.59. The van der Waals surface area contributed by atoms with Gasteiger partial charge < -0.3 is 9.47 Å². The molecule has 0 aliphatic heterocycles. The first kappa shape index (κ1) is 21.5. The number of para-hydroxylation sites is 1. The number of hydrazone groups is 1. The van der Waals surface area contributed by atoms with Gasteiger partial charge in [-0.25, -0.2) is 10.2 Å². The summed E-state index contributed by atoms with van der Waals surface area (Å²) in [6.45, 7) is -0.217. The van der Waals surface area contributed by atoms with Crippen LogP contribution >= 0.6 is 27.5 Å². The largest absolute Gasteiger partial charge is 0.482 e. The van der Waals surface area contributed by atoms with Gasteiger partial charge in [0, 0.05) is 4.47 Å². The number of nitrogens with one attached hydrogen (secondary N) is 1. The summed E-state index contributed by atoms with van der Waals surface area (Å²) in [5, 5.41) is 4.30. The molecule has 152 valence electrons. The molecule has 0 radical (unpaired) electrons. The lowest BCUT2D eigenvalue weighted by atomic mass is 10.2. The van der Waals surface area contributed by atoms with E-state index in [9.17, 15) is 9.59 Å². The van der Waals surface area contributed by atoms with Crippen LogP contribution in [-0.4, -0.2) is 24.7 Å². The molecule has 6 nitrogen and oxygen atoms in total. The molecule has 0 saturated carbocycles. The first-order valence-electron chi connectivity index (χ1n) is 8.79. The molecule has 30 heavy (non-hydrogen) atoms. The normalized spacial score (nSPS) is 10.6. The number of amides is 1. The van der Waals surface area contributed by atoms with Crippen LogP contribution in [-0.2, 0) is 4.79 Å². The van der Waals surface area contributed by atoms with E-state index in [-0.39, 0.29) is 6.61 Å². The van der Waals surface area contributed by atoms with Crippen molar-refractivity contribution in [3.63, 3.8) is 0 Å². The maximum absolute atomic E-state index is 12.2. The number of carbonyl (C=O) groups excluding carboxylic acids is 2. The molecule has 0 unspecified atom stereocenters. The summed E-state index contributed by atoms with van der Waals surface area (Å²) in [5.41, 5.74) is 3.51. The van der Waals surface area contributed by atoms with Gasteiger partial charge in [-0.2, -0.15) is 5.10 Å². The summed E-state index contributed by atoms with van der Waals surface area (Å²) in [6, 6.07) is 20.6. The van der Waals surface area contributed by atoms with E-state index in [2.05, 4.69) is 26.5 Å². The first-order chi connectivity index (χ1) is 14.5. The lowest BCUT2D eigenvalue weighted by molar-refractivity contribution is -0.123. The molecule has 0 saturated heterocycles. The molecule has 0 spiro atoms. The van der Waals surface area contributed by atoms with Crippen molar-refractivity contribution in [3.05, 3.63) is 93.4 Å². The molecule has 1 N–H and O–H groups in total. The second-order valence-corrected chi connectivity index (χ2v) is 7.21. The van der Waals surface area contributed by atoms with Crippen molar-refractivity contribution >= 4 is 45.6 Å². The first-order valence-corrected chi connectivity index (χ1v) is 9.96.